The highest BCUT2D eigenvalue weighted by Gasteiger charge is 2.11. The van der Waals surface area contributed by atoms with Crippen LogP contribution in [0.2, 0.25) is 0 Å². The number of carbonyl (C=O) groups excluding carboxylic acids is 2. The van der Waals surface area contributed by atoms with Crippen molar-refractivity contribution in [3.8, 4) is 5.75 Å². The predicted molar refractivity (Wildman–Crippen MR) is 110 cm³/mol. The summed E-state index contributed by atoms with van der Waals surface area (Å²) in [6, 6.07) is 25.4. The second-order valence-electron chi connectivity index (χ2n) is 6.08. The van der Waals surface area contributed by atoms with E-state index >= 15 is 0 Å². The second-order valence-corrected chi connectivity index (χ2v) is 6.08. The first-order valence-electron chi connectivity index (χ1n) is 9.28. The fourth-order valence-corrected chi connectivity index (χ4v) is 2.29. The van der Waals surface area contributed by atoms with Crippen LogP contribution < -0.4 is 0 Å². The highest BCUT2D eigenvalue weighted by atomic mass is 16.5. The third kappa shape index (κ3) is 7.89. The lowest BCUT2D eigenvalue weighted by Gasteiger charge is -2.05. The fraction of sp³-hybridized carbons (Fsp3) is 0.167. The zero-order valence-corrected chi connectivity index (χ0v) is 16.3. The van der Waals surface area contributed by atoms with Crippen molar-refractivity contribution in [2.75, 3.05) is 0 Å². The molecule has 0 aliphatic heterocycles. The van der Waals surface area contributed by atoms with E-state index < -0.39 is 5.97 Å². The van der Waals surface area contributed by atoms with E-state index in [-0.39, 0.29) is 23.9 Å². The van der Waals surface area contributed by atoms with E-state index in [1.54, 1.807) is 19.1 Å². The van der Waals surface area contributed by atoms with Crippen LogP contribution in [0.5, 0.6) is 5.75 Å². The van der Waals surface area contributed by atoms with Crippen LogP contribution in [0.25, 0.3) is 0 Å². The van der Waals surface area contributed by atoms with Gasteiger partial charge in [-0.25, -0.2) is 4.79 Å². The van der Waals surface area contributed by atoms with Crippen molar-refractivity contribution in [1.82, 2.24) is 0 Å². The quantitative estimate of drug-likeness (QED) is 0.605. The number of carbonyl (C=O) groups is 2. The Hall–Kier alpha value is -3.60. The number of aromatic hydroxyl groups is 1. The number of phenolic OH excluding ortho intramolecular Hbond substituents is 1. The third-order valence-electron chi connectivity index (χ3n) is 3.87. The summed E-state index contributed by atoms with van der Waals surface area (Å²) in [6.45, 7) is 2.37. The molecule has 0 heterocycles. The Morgan fingerprint density at radius 2 is 1.21 bits per heavy atom. The van der Waals surface area contributed by atoms with Crippen molar-refractivity contribution in [3.63, 3.8) is 0 Å². The molecule has 29 heavy (non-hydrogen) atoms. The lowest BCUT2D eigenvalue weighted by atomic mass is 10.2. The molecule has 0 fully saturated rings. The highest BCUT2D eigenvalue weighted by Crippen LogP contribution is 2.17. The average molecular weight is 392 g/mol. The molecule has 0 unspecified atom stereocenters. The topological polar surface area (TPSA) is 72.8 Å². The maximum absolute atomic E-state index is 11.7. The lowest BCUT2D eigenvalue weighted by Crippen LogP contribution is -2.05. The number of esters is 2. The van der Waals surface area contributed by atoms with Gasteiger partial charge in [-0.3, -0.25) is 4.79 Å². The molecule has 3 aromatic rings. The molecule has 3 rings (SSSR count). The van der Waals surface area contributed by atoms with E-state index in [1.807, 2.05) is 60.7 Å². The van der Waals surface area contributed by atoms with Gasteiger partial charge < -0.3 is 14.6 Å². The van der Waals surface area contributed by atoms with Gasteiger partial charge in [-0.05, 0) is 23.3 Å². The number of hydrogen-bond donors (Lipinski definition) is 1. The van der Waals surface area contributed by atoms with Gasteiger partial charge in [0.15, 0.2) is 0 Å². The van der Waals surface area contributed by atoms with Crippen LogP contribution in [-0.2, 0) is 27.5 Å². The standard InChI is InChI=1S/C14H12O3.C10H12O2/c15-13-9-5-4-8-12(13)14(16)17-10-11-6-2-1-3-7-11;1-2-10(11)12-8-9-6-4-3-5-7-9/h1-9,15H,10H2;3-7H,2,8H2,1H3. The van der Waals surface area contributed by atoms with Crippen LogP contribution in [0, 0.1) is 0 Å². The maximum Gasteiger partial charge on any atom is 0.342 e. The Morgan fingerprint density at radius 3 is 1.72 bits per heavy atom. The Bertz CT molecular complexity index is 891. The average Bonchev–Trinajstić information content (AvgIpc) is 2.78. The van der Waals surface area contributed by atoms with Crippen molar-refractivity contribution >= 4 is 11.9 Å². The first-order valence-corrected chi connectivity index (χ1v) is 9.28. The van der Waals surface area contributed by atoms with E-state index in [0.29, 0.717) is 13.0 Å². The third-order valence-corrected chi connectivity index (χ3v) is 3.87. The van der Waals surface area contributed by atoms with Crippen LogP contribution in [-0.4, -0.2) is 17.0 Å². The Morgan fingerprint density at radius 1 is 0.724 bits per heavy atom. The number of phenols is 1. The molecule has 0 spiro atoms. The van der Waals surface area contributed by atoms with Crippen LogP contribution in [0.1, 0.15) is 34.8 Å². The largest absolute Gasteiger partial charge is 0.507 e. The number of ether oxygens (including phenoxy) is 2. The molecule has 0 bridgehead atoms. The highest BCUT2D eigenvalue weighted by molar-refractivity contribution is 5.92. The summed E-state index contributed by atoms with van der Waals surface area (Å²) in [4.78, 5) is 22.4. The predicted octanol–water partition coefficient (Wildman–Crippen LogP) is 4.89. The maximum atomic E-state index is 11.7. The van der Waals surface area contributed by atoms with Gasteiger partial charge in [0.1, 0.15) is 24.5 Å². The Kier molecular flexibility index (Phi) is 8.96. The molecule has 0 atom stereocenters. The molecule has 0 saturated carbocycles. The van der Waals surface area contributed by atoms with Crippen molar-refractivity contribution in [3.05, 3.63) is 102 Å². The van der Waals surface area contributed by atoms with Gasteiger partial charge in [0.2, 0.25) is 0 Å². The van der Waals surface area contributed by atoms with Crippen molar-refractivity contribution in [2.24, 2.45) is 0 Å². The van der Waals surface area contributed by atoms with E-state index in [2.05, 4.69) is 0 Å². The molecule has 0 radical (unpaired) electrons. The minimum Gasteiger partial charge on any atom is -0.507 e. The number of benzene rings is 3. The first kappa shape index (κ1) is 21.7. The fourth-order valence-electron chi connectivity index (χ4n) is 2.29. The van der Waals surface area contributed by atoms with Crippen molar-refractivity contribution in [1.29, 1.82) is 0 Å². The van der Waals surface area contributed by atoms with Gasteiger partial charge in [0.25, 0.3) is 0 Å². The normalized spacial score (nSPS) is 9.69. The molecule has 0 saturated heterocycles. The first-order chi connectivity index (χ1) is 14.1. The van der Waals surface area contributed by atoms with Crippen LogP contribution >= 0.6 is 0 Å². The summed E-state index contributed by atoms with van der Waals surface area (Å²) in [5.41, 5.74) is 2.12. The molecule has 5 nitrogen and oxygen atoms in total. The van der Waals surface area contributed by atoms with Gasteiger partial charge in [0.05, 0.1) is 0 Å². The summed E-state index contributed by atoms with van der Waals surface area (Å²) in [6.07, 6.45) is 0.437. The van der Waals surface area contributed by atoms with Crippen LogP contribution in [0.3, 0.4) is 0 Å². The molecule has 5 heteroatoms. The smallest absolute Gasteiger partial charge is 0.342 e. The van der Waals surface area contributed by atoms with Crippen LogP contribution in [0.15, 0.2) is 84.9 Å². The molecular formula is C24H24O5. The summed E-state index contributed by atoms with van der Waals surface area (Å²) >= 11 is 0. The van der Waals surface area contributed by atoms with E-state index in [4.69, 9.17) is 9.47 Å². The number of rotatable bonds is 6. The van der Waals surface area contributed by atoms with Crippen molar-refractivity contribution in [2.45, 2.75) is 26.6 Å². The summed E-state index contributed by atoms with van der Waals surface area (Å²) in [5.74, 6) is -0.739. The Balaban J connectivity index is 0.000000221. The monoisotopic (exact) mass is 392 g/mol. The van der Waals surface area contributed by atoms with Gasteiger partial charge in [-0.1, -0.05) is 79.7 Å². The van der Waals surface area contributed by atoms with Gasteiger partial charge >= 0.3 is 11.9 Å². The SMILES string of the molecule is CCC(=O)OCc1ccccc1.O=C(OCc1ccccc1)c1ccccc1O. The van der Waals surface area contributed by atoms with Crippen molar-refractivity contribution < 1.29 is 24.2 Å². The molecule has 0 aliphatic carbocycles. The molecular weight excluding hydrogens is 368 g/mol. The zero-order valence-electron chi connectivity index (χ0n) is 16.3. The molecule has 3 aromatic carbocycles. The van der Waals surface area contributed by atoms with E-state index in [0.717, 1.165) is 11.1 Å². The minimum absolute atomic E-state index is 0.0643. The molecule has 1 N–H and O–H groups in total. The second kappa shape index (κ2) is 12.0. The van der Waals surface area contributed by atoms with Gasteiger partial charge in [-0.2, -0.15) is 0 Å². The Labute approximate surface area is 170 Å². The lowest BCUT2D eigenvalue weighted by molar-refractivity contribution is -0.144. The molecule has 0 aromatic heterocycles. The molecule has 0 aliphatic rings. The van der Waals surface area contributed by atoms with Gasteiger partial charge in [-0.15, -0.1) is 0 Å². The molecule has 150 valence electrons. The number of hydrogen-bond acceptors (Lipinski definition) is 5. The minimum atomic E-state index is -0.521. The zero-order chi connectivity index (χ0) is 20.9. The summed E-state index contributed by atoms with van der Waals surface area (Å²) < 4.78 is 10.0. The van der Waals surface area contributed by atoms with E-state index in [9.17, 15) is 14.7 Å². The molecule has 0 amide bonds. The van der Waals surface area contributed by atoms with Crippen LogP contribution in [0.4, 0.5) is 0 Å². The summed E-state index contributed by atoms with van der Waals surface area (Å²) in [5, 5.41) is 9.48. The summed E-state index contributed by atoms with van der Waals surface area (Å²) in [7, 11) is 0. The number of para-hydroxylation sites is 1. The van der Waals surface area contributed by atoms with E-state index in [1.165, 1.54) is 12.1 Å². The van der Waals surface area contributed by atoms with Gasteiger partial charge in [0, 0.05) is 6.42 Å².